The minimum atomic E-state index is -3.85. The molecule has 0 aliphatic rings. The van der Waals surface area contributed by atoms with Gasteiger partial charge in [0.2, 0.25) is 15.9 Å². The lowest BCUT2D eigenvalue weighted by atomic mass is 10.0. The number of carbonyl (C=O) groups is 2. The van der Waals surface area contributed by atoms with Gasteiger partial charge in [-0.25, -0.2) is 12.8 Å². The molecule has 6 nitrogen and oxygen atoms in total. The molecule has 0 fully saturated rings. The third-order valence-electron chi connectivity index (χ3n) is 4.64. The van der Waals surface area contributed by atoms with Crippen molar-refractivity contribution in [2.24, 2.45) is 0 Å². The van der Waals surface area contributed by atoms with Gasteiger partial charge in [0, 0.05) is 11.1 Å². The number of para-hydroxylation sites is 1. The van der Waals surface area contributed by atoms with Gasteiger partial charge in [0.15, 0.2) is 5.78 Å². The van der Waals surface area contributed by atoms with Gasteiger partial charge in [0.1, 0.15) is 11.9 Å². The van der Waals surface area contributed by atoms with Crippen LogP contribution in [0.15, 0.2) is 78.9 Å². The van der Waals surface area contributed by atoms with Crippen LogP contribution in [0.3, 0.4) is 0 Å². The Labute approximate surface area is 180 Å². The highest BCUT2D eigenvalue weighted by Gasteiger charge is 2.30. The monoisotopic (exact) mass is 440 g/mol. The number of rotatable bonds is 7. The van der Waals surface area contributed by atoms with Crippen LogP contribution < -0.4 is 9.62 Å². The molecule has 0 aliphatic carbocycles. The number of sulfonamides is 1. The Morgan fingerprint density at radius 1 is 0.903 bits per heavy atom. The van der Waals surface area contributed by atoms with Gasteiger partial charge in [0.05, 0.1) is 17.6 Å². The SMILES string of the molecule is C[C@@H](C(=O)Nc1ccccc1C(=O)c1ccccc1)N(c1ccc(F)cc1)S(C)(=O)=O. The molecule has 0 aliphatic heterocycles. The predicted molar refractivity (Wildman–Crippen MR) is 118 cm³/mol. The maximum Gasteiger partial charge on any atom is 0.248 e. The summed E-state index contributed by atoms with van der Waals surface area (Å²) < 4.78 is 38.9. The van der Waals surface area contributed by atoms with Gasteiger partial charge in [-0.3, -0.25) is 13.9 Å². The standard InChI is InChI=1S/C23H21FN2O4S/c1-16(26(31(2,29)30)19-14-12-18(24)13-15-19)23(28)25-21-11-7-6-10-20(21)22(27)17-8-4-3-5-9-17/h3-16H,1-2H3,(H,25,28)/t16-/m0/s1. The van der Waals surface area contributed by atoms with Crippen LogP contribution in [0, 0.1) is 5.82 Å². The number of hydrogen-bond acceptors (Lipinski definition) is 4. The minimum absolute atomic E-state index is 0.153. The summed E-state index contributed by atoms with van der Waals surface area (Å²) in [7, 11) is -3.85. The zero-order valence-electron chi connectivity index (χ0n) is 16.9. The molecule has 0 unspecified atom stereocenters. The van der Waals surface area contributed by atoms with Crippen LogP contribution in [-0.2, 0) is 14.8 Å². The second-order valence-corrected chi connectivity index (χ2v) is 8.80. The predicted octanol–water partition coefficient (Wildman–Crippen LogP) is 3.85. The number of nitrogens with zero attached hydrogens (tertiary/aromatic N) is 1. The average Bonchev–Trinajstić information content (AvgIpc) is 2.75. The van der Waals surface area contributed by atoms with Gasteiger partial charge in [-0.1, -0.05) is 42.5 Å². The van der Waals surface area contributed by atoms with E-state index in [9.17, 15) is 22.4 Å². The number of nitrogens with one attached hydrogen (secondary N) is 1. The molecule has 31 heavy (non-hydrogen) atoms. The zero-order valence-corrected chi connectivity index (χ0v) is 17.8. The van der Waals surface area contributed by atoms with Crippen LogP contribution in [0.25, 0.3) is 0 Å². The van der Waals surface area contributed by atoms with Gasteiger partial charge in [-0.15, -0.1) is 0 Å². The number of amides is 1. The Bertz CT molecular complexity index is 1200. The smallest absolute Gasteiger partial charge is 0.248 e. The van der Waals surface area contributed by atoms with Gasteiger partial charge in [-0.05, 0) is 43.3 Å². The first kappa shape index (κ1) is 22.2. The third-order valence-corrected chi connectivity index (χ3v) is 5.88. The van der Waals surface area contributed by atoms with Crippen LogP contribution in [0.5, 0.6) is 0 Å². The maximum atomic E-state index is 13.3. The summed E-state index contributed by atoms with van der Waals surface area (Å²) in [6.45, 7) is 1.42. The van der Waals surface area contributed by atoms with Crippen LogP contribution in [0.2, 0.25) is 0 Å². The minimum Gasteiger partial charge on any atom is -0.324 e. The molecule has 3 aromatic rings. The fraction of sp³-hybridized carbons (Fsp3) is 0.130. The highest BCUT2D eigenvalue weighted by atomic mass is 32.2. The van der Waals surface area contributed by atoms with Crippen molar-refractivity contribution in [1.82, 2.24) is 0 Å². The topological polar surface area (TPSA) is 83.6 Å². The van der Waals surface area contributed by atoms with E-state index in [1.165, 1.54) is 19.1 Å². The summed E-state index contributed by atoms with van der Waals surface area (Å²) in [6.07, 6.45) is 0.965. The van der Waals surface area contributed by atoms with E-state index in [4.69, 9.17) is 0 Å². The summed E-state index contributed by atoms with van der Waals surface area (Å²) in [5, 5.41) is 2.65. The van der Waals surface area contributed by atoms with E-state index < -0.39 is 27.8 Å². The molecule has 3 rings (SSSR count). The number of hydrogen-bond donors (Lipinski definition) is 1. The van der Waals surface area contributed by atoms with E-state index in [0.29, 0.717) is 5.56 Å². The molecule has 160 valence electrons. The first-order valence-corrected chi connectivity index (χ1v) is 11.3. The summed E-state index contributed by atoms with van der Waals surface area (Å²) in [5.74, 6) is -1.44. The Morgan fingerprint density at radius 3 is 2.10 bits per heavy atom. The Morgan fingerprint density at radius 2 is 1.48 bits per heavy atom. The zero-order chi connectivity index (χ0) is 22.6. The van der Waals surface area contributed by atoms with Gasteiger partial charge in [-0.2, -0.15) is 0 Å². The average molecular weight is 440 g/mol. The second kappa shape index (κ2) is 9.09. The number of anilines is 2. The number of benzene rings is 3. The van der Waals surface area contributed by atoms with Gasteiger partial charge in [0.25, 0.3) is 0 Å². The summed E-state index contributed by atoms with van der Waals surface area (Å²) in [5.41, 5.74) is 1.16. The quantitative estimate of drug-likeness (QED) is 0.566. The molecule has 0 heterocycles. The van der Waals surface area contributed by atoms with E-state index in [0.717, 1.165) is 22.7 Å². The van der Waals surface area contributed by atoms with Crippen molar-refractivity contribution in [2.45, 2.75) is 13.0 Å². The van der Waals surface area contributed by atoms with Crippen molar-refractivity contribution in [3.8, 4) is 0 Å². The highest BCUT2D eigenvalue weighted by Crippen LogP contribution is 2.24. The number of carbonyl (C=O) groups excluding carboxylic acids is 2. The summed E-state index contributed by atoms with van der Waals surface area (Å²) in [6, 6.07) is 18.8. The third kappa shape index (κ3) is 5.16. The first-order chi connectivity index (χ1) is 14.7. The van der Waals surface area contributed by atoms with E-state index in [1.54, 1.807) is 54.6 Å². The Balaban J connectivity index is 1.90. The van der Waals surface area contributed by atoms with Crippen molar-refractivity contribution in [3.63, 3.8) is 0 Å². The van der Waals surface area contributed by atoms with Crippen molar-refractivity contribution in [1.29, 1.82) is 0 Å². The van der Waals surface area contributed by atoms with Crippen molar-refractivity contribution in [2.75, 3.05) is 15.9 Å². The molecule has 1 amide bonds. The molecular formula is C23H21FN2O4S. The van der Waals surface area contributed by atoms with Crippen LogP contribution in [-0.4, -0.2) is 32.4 Å². The second-order valence-electron chi connectivity index (χ2n) is 6.94. The highest BCUT2D eigenvalue weighted by molar-refractivity contribution is 7.92. The molecule has 0 spiro atoms. The van der Waals surface area contributed by atoms with E-state index in [-0.39, 0.29) is 22.7 Å². The van der Waals surface area contributed by atoms with Crippen molar-refractivity contribution >= 4 is 33.1 Å². The molecule has 0 saturated carbocycles. The van der Waals surface area contributed by atoms with E-state index in [2.05, 4.69) is 5.32 Å². The molecule has 3 aromatic carbocycles. The molecule has 0 aromatic heterocycles. The van der Waals surface area contributed by atoms with Crippen LogP contribution >= 0.6 is 0 Å². The van der Waals surface area contributed by atoms with Crippen LogP contribution in [0.1, 0.15) is 22.8 Å². The molecule has 1 N–H and O–H groups in total. The van der Waals surface area contributed by atoms with Crippen molar-refractivity contribution < 1.29 is 22.4 Å². The largest absolute Gasteiger partial charge is 0.324 e. The lowest BCUT2D eigenvalue weighted by Gasteiger charge is -2.28. The Hall–Kier alpha value is -3.52. The normalized spacial score (nSPS) is 12.1. The summed E-state index contributed by atoms with van der Waals surface area (Å²) >= 11 is 0. The lowest BCUT2D eigenvalue weighted by molar-refractivity contribution is -0.116. The molecular weight excluding hydrogens is 419 g/mol. The van der Waals surface area contributed by atoms with Crippen LogP contribution in [0.4, 0.5) is 15.8 Å². The molecule has 1 atom stereocenters. The van der Waals surface area contributed by atoms with E-state index in [1.807, 2.05) is 0 Å². The fourth-order valence-electron chi connectivity index (χ4n) is 3.17. The Kier molecular flexibility index (Phi) is 6.50. The first-order valence-electron chi connectivity index (χ1n) is 9.43. The van der Waals surface area contributed by atoms with Gasteiger partial charge >= 0.3 is 0 Å². The van der Waals surface area contributed by atoms with Gasteiger partial charge < -0.3 is 5.32 Å². The van der Waals surface area contributed by atoms with E-state index >= 15 is 0 Å². The van der Waals surface area contributed by atoms with Crippen molar-refractivity contribution in [3.05, 3.63) is 95.8 Å². The maximum absolute atomic E-state index is 13.3. The lowest BCUT2D eigenvalue weighted by Crippen LogP contribution is -2.45. The molecule has 0 saturated heterocycles. The fourth-order valence-corrected chi connectivity index (χ4v) is 4.34. The molecule has 0 radical (unpaired) electrons. The number of ketones is 1. The summed E-state index contributed by atoms with van der Waals surface area (Å²) in [4.78, 5) is 25.8. The molecule has 0 bridgehead atoms. The number of halogens is 1. The molecule has 8 heteroatoms.